The second kappa shape index (κ2) is 5.67. The fraction of sp³-hybridized carbons (Fsp3) is 0.692. The molecular formula is C13H21N3O3S. The van der Waals surface area contributed by atoms with E-state index in [0.29, 0.717) is 22.0 Å². The molecule has 1 fully saturated rings. The summed E-state index contributed by atoms with van der Waals surface area (Å²) in [5.41, 5.74) is 0.106. The summed E-state index contributed by atoms with van der Waals surface area (Å²) < 4.78 is 0. The Morgan fingerprint density at radius 3 is 2.45 bits per heavy atom. The van der Waals surface area contributed by atoms with E-state index in [4.69, 9.17) is 0 Å². The van der Waals surface area contributed by atoms with E-state index in [2.05, 4.69) is 30.7 Å². The summed E-state index contributed by atoms with van der Waals surface area (Å²) in [6.07, 6.45) is -0.672. The molecule has 0 saturated carbocycles. The van der Waals surface area contributed by atoms with E-state index in [1.165, 1.54) is 17.4 Å². The summed E-state index contributed by atoms with van der Waals surface area (Å²) in [4.78, 5) is 15.9. The Hall–Kier alpha value is -1.18. The molecule has 1 aromatic heterocycles. The number of nitro groups is 1. The summed E-state index contributed by atoms with van der Waals surface area (Å²) in [5, 5.41) is 21.5. The molecule has 1 saturated heterocycles. The molecule has 0 spiro atoms. The highest BCUT2D eigenvalue weighted by atomic mass is 32.1. The molecule has 7 heteroatoms. The largest absolute Gasteiger partial charge is 0.388 e. The molecule has 0 aliphatic carbocycles. The van der Waals surface area contributed by atoms with Crippen LogP contribution in [0.2, 0.25) is 0 Å². The average molecular weight is 299 g/mol. The first-order chi connectivity index (χ1) is 9.31. The highest BCUT2D eigenvalue weighted by Gasteiger charge is 2.32. The molecule has 2 heterocycles. The number of likely N-dealkylation sites (N-methyl/N-ethyl adjacent to an activating group) is 1. The van der Waals surface area contributed by atoms with Crippen molar-refractivity contribution in [2.75, 3.05) is 25.0 Å². The predicted octanol–water partition coefficient (Wildman–Crippen LogP) is 2.24. The molecule has 3 atom stereocenters. The molecule has 2 rings (SSSR count). The Bertz CT molecular complexity index is 491. The molecule has 112 valence electrons. The molecule has 1 aromatic rings. The fourth-order valence-corrected chi connectivity index (χ4v) is 3.60. The number of rotatable bonds is 3. The zero-order valence-corrected chi connectivity index (χ0v) is 13.1. The first-order valence-corrected chi connectivity index (χ1v) is 7.56. The van der Waals surface area contributed by atoms with Gasteiger partial charge in [-0.2, -0.15) is 0 Å². The second-order valence-corrected chi connectivity index (χ2v) is 6.60. The Morgan fingerprint density at radius 1 is 1.45 bits per heavy atom. The summed E-state index contributed by atoms with van der Waals surface area (Å²) in [5.74, 6) is 0. The molecule has 1 aliphatic rings. The number of anilines is 1. The van der Waals surface area contributed by atoms with Gasteiger partial charge in [-0.3, -0.25) is 15.0 Å². The highest BCUT2D eigenvalue weighted by Crippen LogP contribution is 2.41. The lowest BCUT2D eigenvalue weighted by Gasteiger charge is -2.42. The third-order valence-electron chi connectivity index (χ3n) is 3.97. The standard InChI is InChI=1S/C13H21N3O3S/c1-8-6-15(7-9(2)14(8)4)13-11(16(18)19)5-12(20-13)10(3)17/h5,8-10,17H,6-7H2,1-4H3/t8?,9?,10-/m0/s1. The molecular weight excluding hydrogens is 278 g/mol. The number of piperazine rings is 1. The van der Waals surface area contributed by atoms with Gasteiger partial charge in [0.25, 0.3) is 0 Å². The highest BCUT2D eigenvalue weighted by molar-refractivity contribution is 7.16. The lowest BCUT2D eigenvalue weighted by Crippen LogP contribution is -2.54. The molecule has 1 N–H and O–H groups in total. The Morgan fingerprint density at radius 2 is 2.00 bits per heavy atom. The minimum Gasteiger partial charge on any atom is -0.388 e. The molecule has 6 nitrogen and oxygen atoms in total. The van der Waals surface area contributed by atoms with Crippen LogP contribution in [-0.4, -0.2) is 47.2 Å². The predicted molar refractivity (Wildman–Crippen MR) is 80.5 cm³/mol. The number of aliphatic hydroxyl groups excluding tert-OH is 1. The first kappa shape index (κ1) is 15.2. The van der Waals surface area contributed by atoms with Crippen LogP contribution < -0.4 is 4.90 Å². The number of nitrogens with zero attached hydrogens (tertiary/aromatic N) is 3. The molecule has 0 amide bonds. The van der Waals surface area contributed by atoms with E-state index >= 15 is 0 Å². The summed E-state index contributed by atoms with van der Waals surface area (Å²) in [7, 11) is 2.08. The van der Waals surface area contributed by atoms with Crippen LogP contribution in [0.1, 0.15) is 31.8 Å². The van der Waals surface area contributed by atoms with Crippen molar-refractivity contribution in [3.8, 4) is 0 Å². The summed E-state index contributed by atoms with van der Waals surface area (Å²) in [6.45, 7) is 7.41. The van der Waals surface area contributed by atoms with Crippen LogP contribution in [0.15, 0.2) is 6.07 Å². The molecule has 0 radical (unpaired) electrons. The van der Waals surface area contributed by atoms with Crippen molar-refractivity contribution in [2.24, 2.45) is 0 Å². The van der Waals surface area contributed by atoms with Crippen LogP contribution in [0.5, 0.6) is 0 Å². The number of hydrogen-bond acceptors (Lipinski definition) is 6. The van der Waals surface area contributed by atoms with Crippen LogP contribution in [0, 0.1) is 10.1 Å². The van der Waals surface area contributed by atoms with Gasteiger partial charge >= 0.3 is 5.69 Å². The maximum atomic E-state index is 11.2. The summed E-state index contributed by atoms with van der Waals surface area (Å²) >= 11 is 1.32. The van der Waals surface area contributed by atoms with Crippen molar-refractivity contribution in [3.05, 3.63) is 21.1 Å². The number of hydrogen-bond donors (Lipinski definition) is 1. The molecule has 2 unspecified atom stereocenters. The fourth-order valence-electron chi connectivity index (χ4n) is 2.52. The van der Waals surface area contributed by atoms with Crippen molar-refractivity contribution in [2.45, 2.75) is 39.0 Å². The van der Waals surface area contributed by atoms with Gasteiger partial charge in [-0.05, 0) is 27.8 Å². The van der Waals surface area contributed by atoms with Gasteiger partial charge < -0.3 is 10.0 Å². The molecule has 20 heavy (non-hydrogen) atoms. The van der Waals surface area contributed by atoms with Crippen LogP contribution in [0.25, 0.3) is 0 Å². The summed E-state index contributed by atoms with van der Waals surface area (Å²) in [6, 6.07) is 2.18. The quantitative estimate of drug-likeness (QED) is 0.684. The molecule has 1 aliphatic heterocycles. The van der Waals surface area contributed by atoms with Crippen molar-refractivity contribution >= 4 is 22.0 Å². The van der Waals surface area contributed by atoms with Gasteiger partial charge in [0, 0.05) is 36.1 Å². The first-order valence-electron chi connectivity index (χ1n) is 6.74. The van der Waals surface area contributed by atoms with Crippen molar-refractivity contribution in [3.63, 3.8) is 0 Å². The Kier molecular flexibility index (Phi) is 4.31. The Balaban J connectivity index is 2.34. The monoisotopic (exact) mass is 299 g/mol. The van der Waals surface area contributed by atoms with Crippen LogP contribution >= 0.6 is 11.3 Å². The van der Waals surface area contributed by atoms with Gasteiger partial charge in [-0.25, -0.2) is 0 Å². The van der Waals surface area contributed by atoms with Gasteiger partial charge in [-0.1, -0.05) is 0 Å². The normalized spacial score (nSPS) is 25.8. The average Bonchev–Trinajstić information content (AvgIpc) is 2.80. The van der Waals surface area contributed by atoms with Gasteiger partial charge in [-0.15, -0.1) is 11.3 Å². The zero-order chi connectivity index (χ0) is 15.0. The maximum absolute atomic E-state index is 11.2. The minimum absolute atomic E-state index is 0.106. The van der Waals surface area contributed by atoms with Crippen LogP contribution in [0.3, 0.4) is 0 Å². The van der Waals surface area contributed by atoms with Crippen molar-refractivity contribution in [1.82, 2.24) is 4.90 Å². The van der Waals surface area contributed by atoms with Gasteiger partial charge in [0.15, 0.2) is 5.00 Å². The van der Waals surface area contributed by atoms with Crippen molar-refractivity contribution in [1.29, 1.82) is 0 Å². The second-order valence-electron chi connectivity index (χ2n) is 5.54. The van der Waals surface area contributed by atoms with E-state index in [9.17, 15) is 15.2 Å². The topological polar surface area (TPSA) is 69.8 Å². The van der Waals surface area contributed by atoms with Crippen molar-refractivity contribution < 1.29 is 10.0 Å². The van der Waals surface area contributed by atoms with Crippen LogP contribution in [-0.2, 0) is 0 Å². The van der Waals surface area contributed by atoms with E-state index in [1.54, 1.807) is 6.92 Å². The maximum Gasteiger partial charge on any atom is 0.304 e. The van der Waals surface area contributed by atoms with E-state index < -0.39 is 6.10 Å². The SMILES string of the molecule is CC1CN(c2sc([C@H](C)O)cc2[N+](=O)[O-])CC(C)N1C. The minimum atomic E-state index is -0.672. The van der Waals surface area contributed by atoms with E-state index in [1.807, 2.05) is 0 Å². The Labute approximate surface area is 122 Å². The smallest absolute Gasteiger partial charge is 0.304 e. The van der Waals surface area contributed by atoms with Gasteiger partial charge in [0.2, 0.25) is 0 Å². The lowest BCUT2D eigenvalue weighted by molar-refractivity contribution is -0.383. The molecule has 0 bridgehead atoms. The van der Waals surface area contributed by atoms with E-state index in [-0.39, 0.29) is 10.6 Å². The third-order valence-corrected chi connectivity index (χ3v) is 5.32. The van der Waals surface area contributed by atoms with E-state index in [0.717, 1.165) is 13.1 Å². The number of aliphatic hydroxyl groups is 1. The van der Waals surface area contributed by atoms with Crippen LogP contribution in [0.4, 0.5) is 10.7 Å². The van der Waals surface area contributed by atoms with Gasteiger partial charge in [0.05, 0.1) is 11.0 Å². The molecule has 0 aromatic carbocycles. The van der Waals surface area contributed by atoms with Gasteiger partial charge in [0.1, 0.15) is 0 Å². The third kappa shape index (κ3) is 2.79. The zero-order valence-electron chi connectivity index (χ0n) is 12.2. The number of thiophene rings is 1. The lowest BCUT2D eigenvalue weighted by atomic mass is 10.1.